The van der Waals surface area contributed by atoms with Crippen molar-refractivity contribution in [3.05, 3.63) is 93.4 Å². The molecule has 0 bridgehead atoms. The van der Waals surface area contributed by atoms with Gasteiger partial charge in [0.05, 0.1) is 19.7 Å². The molecule has 0 aliphatic heterocycles. The Kier molecular flexibility index (Phi) is 9.79. The first-order valence-corrected chi connectivity index (χ1v) is 12.1. The number of amides is 2. The number of rotatable bonds is 12. The molecule has 3 aromatic rings. The van der Waals surface area contributed by atoms with Gasteiger partial charge in [0.2, 0.25) is 11.8 Å². The number of hydrogen-bond donors (Lipinski definition) is 0. The fraction of sp³-hybridized carbons (Fsp3) is 0.333. The third kappa shape index (κ3) is 8.08. The van der Waals surface area contributed by atoms with Crippen LogP contribution in [0, 0.1) is 12.7 Å². The number of methoxy groups -OCH3 is 1. The maximum Gasteiger partial charge on any atom is 0.242 e. The van der Waals surface area contributed by atoms with Gasteiger partial charge in [0.1, 0.15) is 5.82 Å². The van der Waals surface area contributed by atoms with Crippen molar-refractivity contribution in [3.8, 4) is 0 Å². The lowest BCUT2D eigenvalue weighted by molar-refractivity contribution is -0.141. The number of thiophene rings is 1. The van der Waals surface area contributed by atoms with Crippen molar-refractivity contribution in [2.24, 2.45) is 0 Å². The second-order valence-electron chi connectivity index (χ2n) is 8.18. The van der Waals surface area contributed by atoms with Crippen LogP contribution in [-0.4, -0.2) is 48.4 Å². The number of aryl methyl sites for hydroxylation is 2. The molecule has 0 spiro atoms. The lowest BCUT2D eigenvalue weighted by atomic mass is 10.1. The summed E-state index contributed by atoms with van der Waals surface area (Å²) in [6.07, 6.45) is 0.939. The molecule has 5 nitrogen and oxygen atoms in total. The van der Waals surface area contributed by atoms with Crippen molar-refractivity contribution in [1.82, 2.24) is 9.80 Å². The van der Waals surface area contributed by atoms with Crippen LogP contribution in [-0.2, 0) is 33.8 Å². The highest BCUT2D eigenvalue weighted by Crippen LogP contribution is 2.19. The molecule has 34 heavy (non-hydrogen) atoms. The molecule has 1 heterocycles. The topological polar surface area (TPSA) is 49.9 Å². The molecule has 2 aromatic carbocycles. The summed E-state index contributed by atoms with van der Waals surface area (Å²) in [6.45, 7) is 3.48. The highest BCUT2D eigenvalue weighted by Gasteiger charge is 2.22. The molecule has 2 amide bonds. The molecule has 0 aliphatic rings. The van der Waals surface area contributed by atoms with E-state index in [9.17, 15) is 14.0 Å². The predicted molar refractivity (Wildman–Crippen MR) is 133 cm³/mol. The maximum atomic E-state index is 13.4. The van der Waals surface area contributed by atoms with E-state index in [4.69, 9.17) is 4.74 Å². The van der Waals surface area contributed by atoms with E-state index < -0.39 is 0 Å². The molecule has 0 N–H and O–H groups in total. The zero-order chi connectivity index (χ0) is 24.3. The Morgan fingerprint density at radius 1 is 0.882 bits per heavy atom. The van der Waals surface area contributed by atoms with Crippen molar-refractivity contribution in [1.29, 1.82) is 0 Å². The summed E-state index contributed by atoms with van der Waals surface area (Å²) in [5.41, 5.74) is 1.92. The molecule has 1 aromatic heterocycles. The number of hydrogen-bond acceptors (Lipinski definition) is 4. The van der Waals surface area contributed by atoms with Crippen LogP contribution in [0.25, 0.3) is 0 Å². The summed E-state index contributed by atoms with van der Waals surface area (Å²) in [5, 5.41) is 0. The molecule has 0 fully saturated rings. The Balaban J connectivity index is 1.71. The Morgan fingerprint density at radius 3 is 2.26 bits per heavy atom. The van der Waals surface area contributed by atoms with Crippen LogP contribution < -0.4 is 0 Å². The molecule has 0 unspecified atom stereocenters. The Labute approximate surface area is 204 Å². The van der Waals surface area contributed by atoms with Crippen molar-refractivity contribution < 1.29 is 18.7 Å². The zero-order valence-electron chi connectivity index (χ0n) is 19.7. The largest absolute Gasteiger partial charge is 0.383 e. The second-order valence-corrected chi connectivity index (χ2v) is 9.55. The maximum absolute atomic E-state index is 13.4. The minimum absolute atomic E-state index is 0.0253. The molecule has 0 saturated carbocycles. The third-order valence-electron chi connectivity index (χ3n) is 5.50. The minimum atomic E-state index is -0.315. The van der Waals surface area contributed by atoms with Gasteiger partial charge in [-0.3, -0.25) is 9.59 Å². The van der Waals surface area contributed by atoms with Gasteiger partial charge in [-0.15, -0.1) is 11.3 Å². The van der Waals surface area contributed by atoms with E-state index in [2.05, 4.69) is 0 Å². The van der Waals surface area contributed by atoms with Gasteiger partial charge >= 0.3 is 0 Å². The van der Waals surface area contributed by atoms with Crippen molar-refractivity contribution >= 4 is 23.2 Å². The molecule has 0 atom stereocenters. The van der Waals surface area contributed by atoms with Crippen molar-refractivity contribution in [2.75, 3.05) is 26.8 Å². The summed E-state index contributed by atoms with van der Waals surface area (Å²) in [7, 11) is 1.58. The monoisotopic (exact) mass is 482 g/mol. The van der Waals surface area contributed by atoms with Gasteiger partial charge < -0.3 is 14.5 Å². The van der Waals surface area contributed by atoms with Crippen molar-refractivity contribution in [3.63, 3.8) is 0 Å². The molecular formula is C27H31FN2O3S. The van der Waals surface area contributed by atoms with Gasteiger partial charge in [0.25, 0.3) is 0 Å². The summed E-state index contributed by atoms with van der Waals surface area (Å²) < 4.78 is 18.6. The first-order chi connectivity index (χ1) is 16.4. The van der Waals surface area contributed by atoms with E-state index >= 15 is 0 Å². The lowest BCUT2D eigenvalue weighted by Gasteiger charge is -2.27. The Bertz CT molecular complexity index is 1050. The van der Waals surface area contributed by atoms with Gasteiger partial charge in [-0.05, 0) is 48.7 Å². The standard InChI is InChI=1S/C27H31FN2O3S/c1-21-8-14-25(34-21)19-30(18-23-9-12-24(28)13-10-23)27(32)20-29(16-17-33-2)26(31)15-11-22-6-4-3-5-7-22/h3-10,12-14H,11,15-20H2,1-2H3. The summed E-state index contributed by atoms with van der Waals surface area (Å²) in [4.78, 5) is 31.9. The smallest absolute Gasteiger partial charge is 0.242 e. The molecule has 180 valence electrons. The second kappa shape index (κ2) is 13.0. The van der Waals surface area contributed by atoms with E-state index in [1.165, 1.54) is 17.0 Å². The summed E-state index contributed by atoms with van der Waals surface area (Å²) in [5.74, 6) is -0.548. The van der Waals surface area contributed by atoms with Gasteiger partial charge in [-0.2, -0.15) is 0 Å². The number of halogens is 1. The lowest BCUT2D eigenvalue weighted by Crippen LogP contribution is -2.43. The number of carbonyl (C=O) groups is 2. The molecule has 0 saturated heterocycles. The summed E-state index contributed by atoms with van der Waals surface area (Å²) in [6, 6.07) is 20.0. The number of benzene rings is 2. The highest BCUT2D eigenvalue weighted by molar-refractivity contribution is 7.11. The Morgan fingerprint density at radius 2 is 1.62 bits per heavy atom. The van der Waals surface area contributed by atoms with E-state index in [1.807, 2.05) is 49.4 Å². The number of ether oxygens (including phenoxy) is 1. The average Bonchev–Trinajstić information content (AvgIpc) is 3.26. The first-order valence-electron chi connectivity index (χ1n) is 11.3. The molecular weight excluding hydrogens is 451 g/mol. The molecule has 0 radical (unpaired) electrons. The van der Waals surface area contributed by atoms with E-state index in [0.29, 0.717) is 39.1 Å². The SMILES string of the molecule is COCCN(CC(=O)N(Cc1ccc(F)cc1)Cc1ccc(C)s1)C(=O)CCc1ccccc1. The number of carbonyl (C=O) groups excluding carboxylic acids is 2. The van der Waals surface area contributed by atoms with Gasteiger partial charge in [0.15, 0.2) is 0 Å². The normalized spacial score (nSPS) is 10.8. The van der Waals surface area contributed by atoms with E-state index in [0.717, 1.165) is 16.0 Å². The molecule has 3 rings (SSSR count). The van der Waals surface area contributed by atoms with Gasteiger partial charge in [-0.25, -0.2) is 4.39 Å². The van der Waals surface area contributed by atoms with Crippen LogP contribution in [0.4, 0.5) is 4.39 Å². The zero-order valence-corrected chi connectivity index (χ0v) is 20.5. The third-order valence-corrected chi connectivity index (χ3v) is 6.48. The van der Waals surface area contributed by atoms with E-state index in [1.54, 1.807) is 40.4 Å². The first kappa shape index (κ1) is 25.6. The van der Waals surface area contributed by atoms with Gasteiger partial charge in [-0.1, -0.05) is 42.5 Å². The Hall–Kier alpha value is -3.03. The predicted octanol–water partition coefficient (Wildman–Crippen LogP) is 4.83. The fourth-order valence-electron chi connectivity index (χ4n) is 3.61. The molecule has 7 heteroatoms. The fourth-order valence-corrected chi connectivity index (χ4v) is 4.52. The quantitative estimate of drug-likeness (QED) is 0.372. The van der Waals surface area contributed by atoms with Crippen LogP contribution in [0.1, 0.15) is 27.3 Å². The van der Waals surface area contributed by atoms with Crippen LogP contribution in [0.5, 0.6) is 0 Å². The summed E-state index contributed by atoms with van der Waals surface area (Å²) >= 11 is 1.64. The van der Waals surface area contributed by atoms with Crippen molar-refractivity contribution in [2.45, 2.75) is 32.9 Å². The average molecular weight is 483 g/mol. The van der Waals surface area contributed by atoms with Crippen LogP contribution in [0.15, 0.2) is 66.7 Å². The number of nitrogens with zero attached hydrogens (tertiary/aromatic N) is 2. The molecule has 0 aliphatic carbocycles. The minimum Gasteiger partial charge on any atom is -0.383 e. The van der Waals surface area contributed by atoms with Gasteiger partial charge in [0, 0.05) is 36.4 Å². The van der Waals surface area contributed by atoms with Crippen LogP contribution >= 0.6 is 11.3 Å². The van der Waals surface area contributed by atoms with Crippen LogP contribution in [0.3, 0.4) is 0 Å². The van der Waals surface area contributed by atoms with E-state index in [-0.39, 0.29) is 24.2 Å². The van der Waals surface area contributed by atoms with Crippen LogP contribution in [0.2, 0.25) is 0 Å². The highest BCUT2D eigenvalue weighted by atomic mass is 32.1.